The van der Waals surface area contributed by atoms with E-state index in [1.165, 1.54) is 21.7 Å². The van der Waals surface area contributed by atoms with Gasteiger partial charge >= 0.3 is 6.18 Å². The first-order valence-electron chi connectivity index (χ1n) is 10.1. The highest BCUT2D eigenvalue weighted by molar-refractivity contribution is 5.69. The molecule has 166 valence electrons. The van der Waals surface area contributed by atoms with Gasteiger partial charge in [0.1, 0.15) is 6.04 Å². The van der Waals surface area contributed by atoms with Crippen molar-refractivity contribution in [1.29, 1.82) is 10.5 Å². The number of fused-ring (bicyclic) bond motifs is 1. The number of aromatic nitrogens is 3. The van der Waals surface area contributed by atoms with Gasteiger partial charge in [0.15, 0.2) is 0 Å². The van der Waals surface area contributed by atoms with Crippen molar-refractivity contribution < 1.29 is 13.2 Å². The molecular formula is C23H18F3N7. The Kier molecular flexibility index (Phi) is 5.52. The second kappa shape index (κ2) is 8.32. The van der Waals surface area contributed by atoms with Crippen LogP contribution in [0.2, 0.25) is 0 Å². The van der Waals surface area contributed by atoms with Crippen molar-refractivity contribution in [3.8, 4) is 12.1 Å². The zero-order valence-electron chi connectivity index (χ0n) is 17.7. The van der Waals surface area contributed by atoms with Crippen LogP contribution in [-0.4, -0.2) is 21.3 Å². The lowest BCUT2D eigenvalue weighted by Crippen LogP contribution is -2.31. The normalized spacial score (nSPS) is 15.6. The van der Waals surface area contributed by atoms with Gasteiger partial charge < -0.3 is 5.32 Å². The summed E-state index contributed by atoms with van der Waals surface area (Å²) in [6.07, 6.45) is -4.52. The van der Waals surface area contributed by atoms with Crippen LogP contribution in [0.15, 0.2) is 59.8 Å². The fourth-order valence-electron chi connectivity index (χ4n) is 3.78. The van der Waals surface area contributed by atoms with Crippen LogP contribution in [0.25, 0.3) is 0 Å². The molecule has 0 radical (unpaired) electrons. The van der Waals surface area contributed by atoms with Crippen molar-refractivity contribution in [3.63, 3.8) is 0 Å². The SMILES string of the molecule is CCNc1nc2n(n1)C(c1ccc(C#N)cc1)C(C#N)=C(C)N2c1cccc(C(F)(F)F)c1. The summed E-state index contributed by atoms with van der Waals surface area (Å²) in [6.45, 7) is 4.07. The third kappa shape index (κ3) is 3.87. The van der Waals surface area contributed by atoms with Crippen LogP contribution in [0.4, 0.5) is 30.8 Å². The smallest absolute Gasteiger partial charge is 0.353 e. The molecule has 1 atom stereocenters. The Hall–Kier alpha value is -4.31. The first-order chi connectivity index (χ1) is 15.8. The summed E-state index contributed by atoms with van der Waals surface area (Å²) in [4.78, 5) is 6.01. The summed E-state index contributed by atoms with van der Waals surface area (Å²) in [6, 6.07) is 15.2. The van der Waals surface area contributed by atoms with Crippen molar-refractivity contribution in [2.75, 3.05) is 16.8 Å². The molecule has 10 heteroatoms. The van der Waals surface area contributed by atoms with Crippen LogP contribution in [-0.2, 0) is 6.18 Å². The Morgan fingerprint density at radius 1 is 1.09 bits per heavy atom. The summed E-state index contributed by atoms with van der Waals surface area (Å²) in [5, 5.41) is 26.7. The van der Waals surface area contributed by atoms with E-state index in [0.29, 0.717) is 28.9 Å². The first-order valence-corrected chi connectivity index (χ1v) is 10.1. The van der Waals surface area contributed by atoms with Crippen LogP contribution in [0, 0.1) is 22.7 Å². The Labute approximate surface area is 188 Å². The molecule has 33 heavy (non-hydrogen) atoms. The molecule has 0 saturated carbocycles. The largest absolute Gasteiger partial charge is 0.416 e. The zero-order chi connectivity index (χ0) is 23.8. The summed E-state index contributed by atoms with van der Waals surface area (Å²) < 4.78 is 41.6. The number of benzene rings is 2. The third-order valence-electron chi connectivity index (χ3n) is 5.30. The highest BCUT2D eigenvalue weighted by atomic mass is 19.4. The Morgan fingerprint density at radius 3 is 2.42 bits per heavy atom. The molecule has 3 aromatic rings. The monoisotopic (exact) mass is 449 g/mol. The van der Waals surface area contributed by atoms with E-state index in [-0.39, 0.29) is 17.6 Å². The molecule has 0 amide bonds. The molecule has 1 aromatic heterocycles. The second-order valence-electron chi connectivity index (χ2n) is 7.34. The van der Waals surface area contributed by atoms with Crippen LogP contribution in [0.3, 0.4) is 0 Å². The zero-order valence-corrected chi connectivity index (χ0v) is 17.7. The molecule has 1 N–H and O–H groups in total. The molecule has 0 saturated heterocycles. The number of alkyl halides is 3. The van der Waals surface area contributed by atoms with Crippen LogP contribution in [0.1, 0.15) is 36.6 Å². The topological polar surface area (TPSA) is 93.6 Å². The number of nitrogens with one attached hydrogen (secondary N) is 1. The lowest BCUT2D eigenvalue weighted by atomic mass is 9.95. The highest BCUT2D eigenvalue weighted by Crippen LogP contribution is 2.43. The van der Waals surface area contributed by atoms with Gasteiger partial charge in [0.25, 0.3) is 0 Å². The lowest BCUT2D eigenvalue weighted by molar-refractivity contribution is -0.137. The van der Waals surface area contributed by atoms with E-state index < -0.39 is 17.8 Å². The molecule has 2 aromatic carbocycles. The lowest BCUT2D eigenvalue weighted by Gasteiger charge is -2.34. The molecule has 2 heterocycles. The second-order valence-corrected chi connectivity index (χ2v) is 7.34. The Balaban J connectivity index is 1.94. The van der Waals surface area contributed by atoms with Gasteiger partial charge in [0.05, 0.1) is 28.8 Å². The number of allylic oxidation sites excluding steroid dienone is 2. The predicted octanol–water partition coefficient (Wildman–Crippen LogP) is 5.14. The van der Waals surface area contributed by atoms with E-state index in [0.717, 1.165) is 12.1 Å². The van der Waals surface area contributed by atoms with Crippen molar-refractivity contribution in [3.05, 3.63) is 76.5 Å². The fourth-order valence-corrected chi connectivity index (χ4v) is 3.78. The molecule has 0 spiro atoms. The minimum absolute atomic E-state index is 0.213. The number of rotatable bonds is 4. The number of nitrogens with zero attached hydrogens (tertiary/aromatic N) is 6. The summed E-state index contributed by atoms with van der Waals surface area (Å²) in [7, 11) is 0. The minimum Gasteiger partial charge on any atom is -0.353 e. The number of nitriles is 2. The van der Waals surface area contributed by atoms with Crippen molar-refractivity contribution in [2.24, 2.45) is 0 Å². The molecule has 0 bridgehead atoms. The number of hydrogen-bond donors (Lipinski definition) is 1. The van der Waals surface area contributed by atoms with Gasteiger partial charge in [-0.05, 0) is 49.7 Å². The molecule has 1 aliphatic heterocycles. The number of hydrogen-bond acceptors (Lipinski definition) is 6. The van der Waals surface area contributed by atoms with Crippen molar-refractivity contribution in [2.45, 2.75) is 26.1 Å². The quantitative estimate of drug-likeness (QED) is 0.593. The molecule has 0 aliphatic carbocycles. The van der Waals surface area contributed by atoms with Gasteiger partial charge in [-0.3, -0.25) is 4.90 Å². The van der Waals surface area contributed by atoms with Gasteiger partial charge in [-0.25, -0.2) is 4.68 Å². The number of halogens is 3. The molecule has 0 fully saturated rings. The predicted molar refractivity (Wildman–Crippen MR) is 115 cm³/mol. The maximum Gasteiger partial charge on any atom is 0.416 e. The maximum absolute atomic E-state index is 13.4. The van der Waals surface area contributed by atoms with Gasteiger partial charge in [-0.15, -0.1) is 5.10 Å². The summed E-state index contributed by atoms with van der Waals surface area (Å²) in [5.74, 6) is 0.561. The van der Waals surface area contributed by atoms with E-state index in [1.807, 2.05) is 6.92 Å². The molecule has 1 unspecified atom stereocenters. The Bertz CT molecular complexity index is 1310. The summed E-state index contributed by atoms with van der Waals surface area (Å²) in [5.41, 5.74) is 1.31. The highest BCUT2D eigenvalue weighted by Gasteiger charge is 2.37. The Morgan fingerprint density at radius 2 is 1.82 bits per heavy atom. The number of anilines is 3. The van der Waals surface area contributed by atoms with Crippen molar-refractivity contribution >= 4 is 17.6 Å². The van der Waals surface area contributed by atoms with Gasteiger partial charge in [-0.1, -0.05) is 18.2 Å². The fraction of sp³-hybridized carbons (Fsp3) is 0.217. The molecule has 7 nitrogen and oxygen atoms in total. The minimum atomic E-state index is -4.52. The van der Waals surface area contributed by atoms with Crippen LogP contribution >= 0.6 is 0 Å². The van der Waals surface area contributed by atoms with E-state index in [4.69, 9.17) is 5.26 Å². The van der Waals surface area contributed by atoms with E-state index in [2.05, 4.69) is 27.5 Å². The molecule has 1 aliphatic rings. The van der Waals surface area contributed by atoms with Gasteiger partial charge in [0.2, 0.25) is 11.9 Å². The van der Waals surface area contributed by atoms with E-state index in [1.54, 1.807) is 31.2 Å². The first kappa shape index (κ1) is 21.9. The standard InChI is InChI=1S/C23H18F3N7/c1-3-29-21-30-22-32(18-6-4-5-17(11-18)23(24,25)26)14(2)19(13-28)20(33(22)31-21)16-9-7-15(12-27)8-10-16/h4-11,20H,3H2,1-2H3,(H,29,31). The maximum atomic E-state index is 13.4. The van der Waals surface area contributed by atoms with Gasteiger partial charge in [-0.2, -0.15) is 28.7 Å². The average Bonchev–Trinajstić information content (AvgIpc) is 3.21. The molecule has 4 rings (SSSR count). The molecular weight excluding hydrogens is 431 g/mol. The van der Waals surface area contributed by atoms with E-state index in [9.17, 15) is 18.4 Å². The average molecular weight is 449 g/mol. The van der Waals surface area contributed by atoms with Crippen LogP contribution < -0.4 is 10.2 Å². The van der Waals surface area contributed by atoms with Crippen molar-refractivity contribution in [1.82, 2.24) is 14.8 Å². The summed E-state index contributed by atoms with van der Waals surface area (Å²) >= 11 is 0. The van der Waals surface area contributed by atoms with E-state index >= 15 is 0 Å². The third-order valence-corrected chi connectivity index (χ3v) is 5.30. The van der Waals surface area contributed by atoms with Gasteiger partial charge in [0, 0.05) is 17.9 Å². The van der Waals surface area contributed by atoms with Crippen LogP contribution in [0.5, 0.6) is 0 Å².